The summed E-state index contributed by atoms with van der Waals surface area (Å²) in [4.78, 5) is 4.68. The molecule has 0 aliphatic carbocycles. The topological polar surface area (TPSA) is 68.8 Å². The lowest BCUT2D eigenvalue weighted by molar-refractivity contribution is 0.432. The molecule has 1 aliphatic heterocycles. The first kappa shape index (κ1) is 16.2. The maximum Gasteiger partial charge on any atom is 0.258 e. The number of hydrogen-bond acceptors (Lipinski definition) is 5. The smallest absolute Gasteiger partial charge is 0.258 e. The Kier molecular flexibility index (Phi) is 3.79. The molecule has 136 valence electrons. The van der Waals surface area contributed by atoms with Crippen LogP contribution in [0.25, 0.3) is 33.7 Å². The predicted octanol–water partition coefficient (Wildman–Crippen LogP) is 3.98. The van der Waals surface area contributed by atoms with Crippen molar-refractivity contribution < 1.29 is 4.52 Å². The van der Waals surface area contributed by atoms with E-state index in [4.69, 9.17) is 4.52 Å². The van der Waals surface area contributed by atoms with E-state index in [2.05, 4.69) is 64.9 Å². The molecule has 27 heavy (non-hydrogen) atoms. The van der Waals surface area contributed by atoms with E-state index in [-0.39, 0.29) is 0 Å². The molecule has 0 saturated heterocycles. The maximum atomic E-state index is 5.60. The Balaban J connectivity index is 1.53. The van der Waals surface area contributed by atoms with Crippen LogP contribution in [-0.4, -0.2) is 26.5 Å². The minimum atomic E-state index is 0.328. The van der Waals surface area contributed by atoms with Gasteiger partial charge < -0.3 is 9.84 Å². The molecule has 3 heterocycles. The highest BCUT2D eigenvalue weighted by Gasteiger charge is 2.18. The SMILES string of the molecule is CC(C)n1cc2cc(-c3nc(-c4cccc5c4CCNC5)no3)ccc2n1. The molecule has 2 aromatic heterocycles. The molecule has 1 N–H and O–H groups in total. The summed E-state index contributed by atoms with van der Waals surface area (Å²) in [5.41, 5.74) is 5.58. The molecule has 0 bridgehead atoms. The molecule has 2 aromatic carbocycles. The summed E-state index contributed by atoms with van der Waals surface area (Å²) < 4.78 is 7.57. The fourth-order valence-electron chi connectivity index (χ4n) is 3.63. The Bertz CT molecular complexity index is 1120. The second-order valence-corrected chi connectivity index (χ2v) is 7.27. The van der Waals surface area contributed by atoms with Crippen molar-refractivity contribution in [2.75, 3.05) is 6.54 Å². The molecule has 1 aliphatic rings. The normalized spacial score (nSPS) is 14.0. The van der Waals surface area contributed by atoms with Crippen LogP contribution in [-0.2, 0) is 13.0 Å². The highest BCUT2D eigenvalue weighted by Crippen LogP contribution is 2.29. The van der Waals surface area contributed by atoms with Crippen LogP contribution in [0.5, 0.6) is 0 Å². The fourth-order valence-corrected chi connectivity index (χ4v) is 3.63. The molecule has 6 nitrogen and oxygen atoms in total. The summed E-state index contributed by atoms with van der Waals surface area (Å²) in [7, 11) is 0. The average molecular weight is 359 g/mol. The summed E-state index contributed by atoms with van der Waals surface area (Å²) in [5, 5.41) is 13.3. The Morgan fingerprint density at radius 3 is 3.00 bits per heavy atom. The lowest BCUT2D eigenvalue weighted by Crippen LogP contribution is -2.24. The van der Waals surface area contributed by atoms with Gasteiger partial charge in [-0.25, -0.2) is 0 Å². The average Bonchev–Trinajstić information content (AvgIpc) is 3.34. The molecule has 0 saturated carbocycles. The van der Waals surface area contributed by atoms with Crippen LogP contribution in [0.3, 0.4) is 0 Å². The zero-order valence-corrected chi connectivity index (χ0v) is 15.4. The van der Waals surface area contributed by atoms with Crippen LogP contribution in [0.1, 0.15) is 31.0 Å². The summed E-state index contributed by atoms with van der Waals surface area (Å²) in [6.45, 7) is 6.11. The van der Waals surface area contributed by atoms with E-state index in [0.29, 0.717) is 17.8 Å². The maximum absolute atomic E-state index is 5.60. The van der Waals surface area contributed by atoms with E-state index < -0.39 is 0 Å². The quantitative estimate of drug-likeness (QED) is 0.599. The summed E-state index contributed by atoms with van der Waals surface area (Å²) in [6.07, 6.45) is 3.04. The minimum absolute atomic E-state index is 0.328. The second-order valence-electron chi connectivity index (χ2n) is 7.27. The van der Waals surface area contributed by atoms with Gasteiger partial charge in [-0.1, -0.05) is 23.4 Å². The van der Waals surface area contributed by atoms with Crippen molar-refractivity contribution in [2.24, 2.45) is 0 Å². The molecular weight excluding hydrogens is 338 g/mol. The highest BCUT2D eigenvalue weighted by molar-refractivity contribution is 5.83. The fraction of sp³-hybridized carbons (Fsp3) is 0.286. The van der Waals surface area contributed by atoms with Crippen LogP contribution in [0, 0.1) is 0 Å². The van der Waals surface area contributed by atoms with Gasteiger partial charge in [0.05, 0.1) is 5.52 Å². The number of benzene rings is 2. The standard InChI is InChI=1S/C21H21N5O/c1-13(2)26-12-16-10-14(6-7-19(16)24-26)21-23-20(25-27-21)18-5-3-4-15-11-22-9-8-17(15)18/h3-7,10,12-13,22H,8-9,11H2,1-2H3. The van der Waals surface area contributed by atoms with E-state index in [0.717, 1.165) is 41.5 Å². The zero-order chi connectivity index (χ0) is 18.4. The molecule has 0 spiro atoms. The van der Waals surface area contributed by atoms with Gasteiger partial charge in [0.2, 0.25) is 5.82 Å². The summed E-state index contributed by atoms with van der Waals surface area (Å²) in [6, 6.07) is 12.7. The first-order valence-corrected chi connectivity index (χ1v) is 9.34. The first-order chi connectivity index (χ1) is 13.2. The van der Waals surface area contributed by atoms with Crippen LogP contribution in [0.2, 0.25) is 0 Å². The molecule has 0 amide bonds. The van der Waals surface area contributed by atoms with E-state index in [1.54, 1.807) is 0 Å². The van der Waals surface area contributed by atoms with Gasteiger partial charge in [-0.3, -0.25) is 4.68 Å². The monoisotopic (exact) mass is 359 g/mol. The van der Waals surface area contributed by atoms with Gasteiger partial charge in [-0.2, -0.15) is 10.1 Å². The Labute approximate surface area is 157 Å². The van der Waals surface area contributed by atoms with Crippen LogP contribution in [0.4, 0.5) is 0 Å². The van der Waals surface area contributed by atoms with E-state index in [1.807, 2.05) is 16.8 Å². The largest absolute Gasteiger partial charge is 0.334 e. The van der Waals surface area contributed by atoms with Gasteiger partial charge in [0, 0.05) is 35.3 Å². The second kappa shape index (κ2) is 6.32. The van der Waals surface area contributed by atoms with Crippen molar-refractivity contribution in [3.8, 4) is 22.8 Å². The van der Waals surface area contributed by atoms with Gasteiger partial charge >= 0.3 is 0 Å². The van der Waals surface area contributed by atoms with Crippen LogP contribution in [0.15, 0.2) is 47.1 Å². The van der Waals surface area contributed by atoms with Gasteiger partial charge in [0.25, 0.3) is 5.89 Å². The van der Waals surface area contributed by atoms with Crippen LogP contribution < -0.4 is 5.32 Å². The van der Waals surface area contributed by atoms with E-state index in [9.17, 15) is 0 Å². The Morgan fingerprint density at radius 2 is 2.11 bits per heavy atom. The summed E-state index contributed by atoms with van der Waals surface area (Å²) in [5.74, 6) is 1.19. The predicted molar refractivity (Wildman–Crippen MR) is 104 cm³/mol. The number of hydrogen-bond donors (Lipinski definition) is 1. The number of fused-ring (bicyclic) bond motifs is 2. The third kappa shape index (κ3) is 2.82. The van der Waals surface area contributed by atoms with Crippen molar-refractivity contribution in [3.05, 3.63) is 53.7 Å². The van der Waals surface area contributed by atoms with E-state index in [1.165, 1.54) is 11.1 Å². The van der Waals surface area contributed by atoms with Crippen molar-refractivity contribution in [1.29, 1.82) is 0 Å². The minimum Gasteiger partial charge on any atom is -0.334 e. The Morgan fingerprint density at radius 1 is 1.19 bits per heavy atom. The number of rotatable bonds is 3. The van der Waals surface area contributed by atoms with Crippen molar-refractivity contribution >= 4 is 10.9 Å². The highest BCUT2D eigenvalue weighted by atomic mass is 16.5. The third-order valence-electron chi connectivity index (χ3n) is 5.11. The molecule has 0 atom stereocenters. The molecule has 4 aromatic rings. The van der Waals surface area contributed by atoms with Gasteiger partial charge in [-0.15, -0.1) is 0 Å². The molecule has 0 radical (unpaired) electrons. The molecule has 0 fully saturated rings. The molecule has 5 rings (SSSR count). The number of nitrogens with one attached hydrogen (secondary N) is 1. The van der Waals surface area contributed by atoms with Crippen molar-refractivity contribution in [1.82, 2.24) is 25.2 Å². The van der Waals surface area contributed by atoms with Gasteiger partial charge in [0.1, 0.15) is 0 Å². The van der Waals surface area contributed by atoms with Crippen molar-refractivity contribution in [3.63, 3.8) is 0 Å². The lowest BCUT2D eigenvalue weighted by Gasteiger charge is -2.18. The molecule has 0 unspecified atom stereocenters. The summed E-state index contributed by atoms with van der Waals surface area (Å²) >= 11 is 0. The zero-order valence-electron chi connectivity index (χ0n) is 15.4. The molecular formula is C21H21N5O. The Hall–Kier alpha value is -2.99. The number of aromatic nitrogens is 4. The van der Waals surface area contributed by atoms with E-state index >= 15 is 0 Å². The van der Waals surface area contributed by atoms with Crippen LogP contribution >= 0.6 is 0 Å². The van der Waals surface area contributed by atoms with Gasteiger partial charge in [0.15, 0.2) is 0 Å². The number of nitrogens with zero attached hydrogens (tertiary/aromatic N) is 4. The first-order valence-electron chi connectivity index (χ1n) is 9.34. The van der Waals surface area contributed by atoms with Gasteiger partial charge in [-0.05, 0) is 56.1 Å². The third-order valence-corrected chi connectivity index (χ3v) is 5.11. The molecule has 6 heteroatoms. The van der Waals surface area contributed by atoms with Crippen molar-refractivity contribution in [2.45, 2.75) is 32.9 Å². The lowest BCUT2D eigenvalue weighted by atomic mass is 9.95.